The van der Waals surface area contributed by atoms with Gasteiger partial charge in [0.05, 0.1) is 12.3 Å². The summed E-state index contributed by atoms with van der Waals surface area (Å²) in [6, 6.07) is 0.617. The molecule has 3 rings (SSSR count). The summed E-state index contributed by atoms with van der Waals surface area (Å²) in [5.74, 6) is 1.70. The van der Waals surface area contributed by atoms with Crippen LogP contribution in [0.15, 0.2) is 4.52 Å². The van der Waals surface area contributed by atoms with Crippen molar-refractivity contribution >= 4 is 0 Å². The van der Waals surface area contributed by atoms with Crippen molar-refractivity contribution in [3.63, 3.8) is 0 Å². The van der Waals surface area contributed by atoms with Crippen molar-refractivity contribution in [1.82, 2.24) is 15.0 Å². The molecule has 106 valence electrons. The Morgan fingerprint density at radius 1 is 1.32 bits per heavy atom. The molecular weight excluding hydrogens is 242 g/mol. The first-order chi connectivity index (χ1) is 9.17. The summed E-state index contributed by atoms with van der Waals surface area (Å²) in [5, 5.41) is 13.2. The maximum absolute atomic E-state index is 9.12. The Bertz CT molecular complexity index is 426. The number of piperidine rings is 1. The minimum Gasteiger partial charge on any atom is -0.395 e. The number of hydrogen-bond donors (Lipinski definition) is 1. The van der Waals surface area contributed by atoms with Gasteiger partial charge in [-0.25, -0.2) is 0 Å². The third-order valence-electron chi connectivity index (χ3n) is 4.55. The third-order valence-corrected chi connectivity index (χ3v) is 4.55. The summed E-state index contributed by atoms with van der Waals surface area (Å²) in [6.07, 6.45) is 1.29. The molecule has 3 heterocycles. The standard InChI is InChI=1S/C14H23N3O2/c1-10-14(11(2)19-15-10)9-16-6-12-5-13(8-16)17(7-12)3-4-18/h12-13,18H,3-9H2,1-2H3/t12-,13+/m1/s1. The number of hydrogen-bond acceptors (Lipinski definition) is 5. The van der Waals surface area contributed by atoms with Crippen LogP contribution in [0, 0.1) is 19.8 Å². The fraction of sp³-hybridized carbons (Fsp3) is 0.786. The Morgan fingerprint density at radius 3 is 2.84 bits per heavy atom. The number of aryl methyl sites for hydroxylation is 2. The van der Waals surface area contributed by atoms with Gasteiger partial charge >= 0.3 is 0 Å². The Hall–Kier alpha value is -0.910. The van der Waals surface area contributed by atoms with Crippen LogP contribution >= 0.6 is 0 Å². The molecule has 1 aromatic rings. The maximum Gasteiger partial charge on any atom is 0.138 e. The normalized spacial score (nSPS) is 28.2. The van der Waals surface area contributed by atoms with Gasteiger partial charge in [0.25, 0.3) is 0 Å². The Balaban J connectivity index is 1.66. The number of aliphatic hydroxyl groups excluding tert-OH is 1. The molecule has 2 atom stereocenters. The highest BCUT2D eigenvalue weighted by atomic mass is 16.5. The summed E-state index contributed by atoms with van der Waals surface area (Å²) in [6.45, 7) is 9.44. The van der Waals surface area contributed by atoms with Crippen molar-refractivity contribution in [2.45, 2.75) is 32.9 Å². The number of aromatic nitrogens is 1. The van der Waals surface area contributed by atoms with Crippen molar-refractivity contribution in [3.05, 3.63) is 17.0 Å². The first-order valence-electron chi connectivity index (χ1n) is 7.16. The van der Waals surface area contributed by atoms with Gasteiger partial charge < -0.3 is 9.63 Å². The first kappa shape index (κ1) is 13.1. The average molecular weight is 265 g/mol. The molecule has 0 spiro atoms. The number of fused-ring (bicyclic) bond motifs is 2. The molecule has 19 heavy (non-hydrogen) atoms. The van der Waals surface area contributed by atoms with Gasteiger partial charge in [-0.05, 0) is 26.2 Å². The van der Waals surface area contributed by atoms with Crippen LogP contribution in [0.2, 0.25) is 0 Å². The number of aliphatic hydroxyl groups is 1. The lowest BCUT2D eigenvalue weighted by molar-refractivity contribution is 0.140. The molecule has 0 aliphatic carbocycles. The van der Waals surface area contributed by atoms with E-state index in [1.54, 1.807) is 0 Å². The van der Waals surface area contributed by atoms with E-state index in [-0.39, 0.29) is 6.61 Å². The van der Waals surface area contributed by atoms with E-state index in [1.165, 1.54) is 12.0 Å². The van der Waals surface area contributed by atoms with Crippen molar-refractivity contribution in [3.8, 4) is 0 Å². The van der Waals surface area contributed by atoms with Gasteiger partial charge in [0, 0.05) is 44.3 Å². The largest absolute Gasteiger partial charge is 0.395 e. The van der Waals surface area contributed by atoms with Crippen molar-refractivity contribution < 1.29 is 9.63 Å². The van der Waals surface area contributed by atoms with Crippen LogP contribution in [0.25, 0.3) is 0 Å². The molecular formula is C14H23N3O2. The van der Waals surface area contributed by atoms with Crippen LogP contribution in [0.3, 0.4) is 0 Å². The van der Waals surface area contributed by atoms with Crippen LogP contribution < -0.4 is 0 Å². The molecule has 1 aromatic heterocycles. The highest BCUT2D eigenvalue weighted by Gasteiger charge is 2.38. The summed E-state index contributed by atoms with van der Waals surface area (Å²) in [7, 11) is 0. The number of β-amino-alcohol motifs (C(OH)–C–C–N with tert-alkyl or cyclic N) is 1. The Labute approximate surface area is 114 Å². The zero-order chi connectivity index (χ0) is 13.4. The molecule has 2 bridgehead atoms. The zero-order valence-corrected chi connectivity index (χ0v) is 11.8. The Kier molecular flexibility index (Phi) is 3.60. The van der Waals surface area contributed by atoms with Gasteiger partial charge in [0.1, 0.15) is 5.76 Å². The number of likely N-dealkylation sites (tertiary alicyclic amines) is 2. The van der Waals surface area contributed by atoms with Crippen LogP contribution in [-0.2, 0) is 6.54 Å². The molecule has 1 N–H and O–H groups in total. The lowest BCUT2D eigenvalue weighted by Gasteiger charge is -2.32. The Morgan fingerprint density at radius 2 is 2.16 bits per heavy atom. The molecule has 0 unspecified atom stereocenters. The van der Waals surface area contributed by atoms with Crippen molar-refractivity contribution in [2.75, 3.05) is 32.8 Å². The van der Waals surface area contributed by atoms with Gasteiger partial charge in [-0.3, -0.25) is 9.80 Å². The fourth-order valence-corrected chi connectivity index (χ4v) is 3.63. The molecule has 0 saturated carbocycles. The first-order valence-corrected chi connectivity index (χ1v) is 7.16. The molecule has 0 radical (unpaired) electrons. The van der Waals surface area contributed by atoms with Gasteiger partial charge in [0.15, 0.2) is 0 Å². The van der Waals surface area contributed by atoms with E-state index in [4.69, 9.17) is 9.63 Å². The molecule has 5 heteroatoms. The van der Waals surface area contributed by atoms with Gasteiger partial charge in [-0.1, -0.05) is 5.16 Å². The van der Waals surface area contributed by atoms with Gasteiger partial charge in [-0.2, -0.15) is 0 Å². The zero-order valence-electron chi connectivity index (χ0n) is 11.8. The SMILES string of the molecule is Cc1noc(C)c1CN1C[C@H]2C[C@@H](C1)N(CCO)C2. The summed E-state index contributed by atoms with van der Waals surface area (Å²) in [5.41, 5.74) is 2.26. The van der Waals surface area contributed by atoms with Crippen LogP contribution in [0.1, 0.15) is 23.4 Å². The average Bonchev–Trinajstić information content (AvgIpc) is 2.84. The van der Waals surface area contributed by atoms with Crippen molar-refractivity contribution in [2.24, 2.45) is 5.92 Å². The predicted molar refractivity (Wildman–Crippen MR) is 71.8 cm³/mol. The summed E-state index contributed by atoms with van der Waals surface area (Å²) >= 11 is 0. The van der Waals surface area contributed by atoms with E-state index in [2.05, 4.69) is 15.0 Å². The van der Waals surface area contributed by atoms with Crippen molar-refractivity contribution in [1.29, 1.82) is 0 Å². The maximum atomic E-state index is 9.12. The molecule has 0 aromatic carbocycles. The highest BCUT2D eigenvalue weighted by molar-refractivity contribution is 5.20. The van der Waals surface area contributed by atoms with E-state index in [9.17, 15) is 0 Å². The third kappa shape index (κ3) is 2.55. The quantitative estimate of drug-likeness (QED) is 0.872. The molecule has 5 nitrogen and oxygen atoms in total. The van der Waals surface area contributed by atoms with Crippen LogP contribution in [0.5, 0.6) is 0 Å². The van der Waals surface area contributed by atoms with Crippen LogP contribution in [0.4, 0.5) is 0 Å². The molecule has 2 aliphatic rings. The van der Waals surface area contributed by atoms with E-state index < -0.39 is 0 Å². The topological polar surface area (TPSA) is 52.7 Å². The summed E-state index contributed by atoms with van der Waals surface area (Å²) in [4.78, 5) is 4.96. The van der Waals surface area contributed by atoms with Gasteiger partial charge in [0.2, 0.25) is 0 Å². The van der Waals surface area contributed by atoms with E-state index >= 15 is 0 Å². The second-order valence-corrected chi connectivity index (χ2v) is 5.97. The molecule has 2 aliphatic heterocycles. The second-order valence-electron chi connectivity index (χ2n) is 5.97. The molecule has 2 fully saturated rings. The summed E-state index contributed by atoms with van der Waals surface area (Å²) < 4.78 is 5.25. The number of rotatable bonds is 4. The minimum absolute atomic E-state index is 0.271. The monoisotopic (exact) mass is 265 g/mol. The van der Waals surface area contributed by atoms with E-state index in [0.29, 0.717) is 6.04 Å². The van der Waals surface area contributed by atoms with E-state index in [1.807, 2.05) is 13.8 Å². The fourth-order valence-electron chi connectivity index (χ4n) is 3.63. The molecule has 0 amide bonds. The highest BCUT2D eigenvalue weighted by Crippen LogP contribution is 2.30. The van der Waals surface area contributed by atoms with Gasteiger partial charge in [-0.15, -0.1) is 0 Å². The minimum atomic E-state index is 0.271. The lowest BCUT2D eigenvalue weighted by atomic mass is 9.99. The van der Waals surface area contributed by atoms with Crippen LogP contribution in [-0.4, -0.2) is 58.9 Å². The lowest BCUT2D eigenvalue weighted by Crippen LogP contribution is -2.42. The smallest absolute Gasteiger partial charge is 0.138 e. The van der Waals surface area contributed by atoms with E-state index in [0.717, 1.165) is 50.1 Å². The predicted octanol–water partition coefficient (Wildman–Crippen LogP) is 0.790. The second kappa shape index (κ2) is 5.23. The number of nitrogens with zero attached hydrogens (tertiary/aromatic N) is 3. The molecule has 2 saturated heterocycles.